The predicted molar refractivity (Wildman–Crippen MR) is 199 cm³/mol. The first kappa shape index (κ1) is 35.4. The molecule has 0 radical (unpaired) electrons. The Bertz CT molecular complexity index is 1980. The summed E-state index contributed by atoms with van der Waals surface area (Å²) in [6.45, 7) is 4.90. The standard InChI is InChI=1S/C44H44N2O6/c1-28-39(26-45(3)29(2)40(48)33-11-5-4-6-12-33)51-44(52-41(28)34-18-16-30(27-47)17-19-34)35-22-20-32(21-23-35)36-13-9-10-31(24-36)25-46-42(49)37-14-7-8-15-38(37)43(46)50/h4-24,28-29,39-41,44,47-48H,25-27H2,1-3H3/t28-,29-,39+,40-,41+,44+/m1/s1. The van der Waals surface area contributed by atoms with Crippen molar-refractivity contribution < 1.29 is 29.3 Å². The van der Waals surface area contributed by atoms with Crippen LogP contribution in [-0.4, -0.2) is 57.6 Å². The number of benzene rings is 5. The molecule has 2 aliphatic rings. The average molecular weight is 697 g/mol. The normalized spacial score (nSPS) is 21.3. The van der Waals surface area contributed by atoms with Gasteiger partial charge in [0.05, 0.1) is 42.6 Å². The van der Waals surface area contributed by atoms with Crippen LogP contribution in [0.5, 0.6) is 0 Å². The molecule has 8 heteroatoms. The van der Waals surface area contributed by atoms with E-state index in [2.05, 4.69) is 11.8 Å². The molecule has 1 saturated heterocycles. The minimum Gasteiger partial charge on any atom is -0.392 e. The van der Waals surface area contributed by atoms with Gasteiger partial charge in [-0.15, -0.1) is 0 Å². The van der Waals surface area contributed by atoms with Crippen molar-refractivity contribution in [3.8, 4) is 11.1 Å². The molecule has 5 aromatic rings. The van der Waals surface area contributed by atoms with Crippen molar-refractivity contribution in [1.82, 2.24) is 9.80 Å². The average Bonchev–Trinajstić information content (AvgIpc) is 3.43. The van der Waals surface area contributed by atoms with Crippen LogP contribution >= 0.6 is 0 Å². The van der Waals surface area contributed by atoms with E-state index in [-0.39, 0.29) is 49.1 Å². The van der Waals surface area contributed by atoms with Gasteiger partial charge in [0.15, 0.2) is 6.29 Å². The second kappa shape index (κ2) is 15.3. The van der Waals surface area contributed by atoms with Gasteiger partial charge in [0, 0.05) is 24.1 Å². The molecule has 2 amide bonds. The van der Waals surface area contributed by atoms with Gasteiger partial charge < -0.3 is 19.7 Å². The number of nitrogens with zero attached hydrogens (tertiary/aromatic N) is 2. The van der Waals surface area contributed by atoms with E-state index in [0.717, 1.165) is 38.9 Å². The Kier molecular flexibility index (Phi) is 10.5. The molecule has 2 N–H and O–H groups in total. The fourth-order valence-corrected chi connectivity index (χ4v) is 7.20. The predicted octanol–water partition coefficient (Wildman–Crippen LogP) is 7.49. The fraction of sp³-hybridized carbons (Fsp3) is 0.273. The molecular formula is C44H44N2O6. The fourth-order valence-electron chi connectivity index (χ4n) is 7.20. The summed E-state index contributed by atoms with van der Waals surface area (Å²) in [6.07, 6.45) is -1.77. The van der Waals surface area contributed by atoms with E-state index < -0.39 is 12.4 Å². The van der Waals surface area contributed by atoms with Crippen LogP contribution in [0, 0.1) is 5.92 Å². The minimum atomic E-state index is -0.655. The molecule has 0 unspecified atom stereocenters. The summed E-state index contributed by atoms with van der Waals surface area (Å²) in [7, 11) is 2.01. The van der Waals surface area contributed by atoms with Crippen molar-refractivity contribution >= 4 is 11.8 Å². The summed E-state index contributed by atoms with van der Waals surface area (Å²) in [6, 6.07) is 40.3. The number of carbonyl (C=O) groups is 2. The van der Waals surface area contributed by atoms with Crippen LogP contribution in [0.3, 0.4) is 0 Å². The molecule has 266 valence electrons. The minimum absolute atomic E-state index is 0.0103. The van der Waals surface area contributed by atoms with E-state index in [9.17, 15) is 19.8 Å². The van der Waals surface area contributed by atoms with Crippen molar-refractivity contribution in [2.75, 3.05) is 13.6 Å². The van der Waals surface area contributed by atoms with Crippen LogP contribution in [0.25, 0.3) is 11.1 Å². The molecule has 7 rings (SSSR count). The van der Waals surface area contributed by atoms with Gasteiger partial charge in [0.25, 0.3) is 11.8 Å². The van der Waals surface area contributed by atoms with Crippen LogP contribution in [0.4, 0.5) is 0 Å². The summed E-state index contributed by atoms with van der Waals surface area (Å²) in [5.41, 5.74) is 7.28. The highest BCUT2D eigenvalue weighted by Gasteiger charge is 2.40. The molecule has 0 bridgehead atoms. The first-order chi connectivity index (χ1) is 25.2. The van der Waals surface area contributed by atoms with Gasteiger partial charge in [-0.25, -0.2) is 0 Å². The van der Waals surface area contributed by atoms with Gasteiger partial charge in [0.2, 0.25) is 0 Å². The summed E-state index contributed by atoms with van der Waals surface area (Å²) >= 11 is 0. The second-order valence-corrected chi connectivity index (χ2v) is 13.9. The van der Waals surface area contributed by atoms with Gasteiger partial charge in [-0.2, -0.15) is 0 Å². The lowest BCUT2D eigenvalue weighted by atomic mass is 9.89. The molecule has 52 heavy (non-hydrogen) atoms. The van der Waals surface area contributed by atoms with E-state index in [1.165, 1.54) is 4.90 Å². The molecule has 2 aliphatic heterocycles. The molecule has 0 aromatic heterocycles. The lowest BCUT2D eigenvalue weighted by molar-refractivity contribution is -0.276. The van der Waals surface area contributed by atoms with E-state index in [0.29, 0.717) is 17.7 Å². The maximum atomic E-state index is 13.0. The molecule has 1 fully saturated rings. The third kappa shape index (κ3) is 7.21. The van der Waals surface area contributed by atoms with Crippen LogP contribution in [0.2, 0.25) is 0 Å². The molecule has 5 aromatic carbocycles. The van der Waals surface area contributed by atoms with Crippen molar-refractivity contribution in [1.29, 1.82) is 0 Å². The first-order valence-corrected chi connectivity index (χ1v) is 17.8. The summed E-state index contributed by atoms with van der Waals surface area (Å²) in [4.78, 5) is 29.4. The van der Waals surface area contributed by atoms with Gasteiger partial charge >= 0.3 is 0 Å². The highest BCUT2D eigenvalue weighted by atomic mass is 16.7. The van der Waals surface area contributed by atoms with Crippen molar-refractivity contribution in [2.24, 2.45) is 5.92 Å². The molecular weight excluding hydrogens is 652 g/mol. The molecule has 6 atom stereocenters. The topological polar surface area (TPSA) is 99.5 Å². The number of aliphatic hydroxyl groups is 2. The zero-order valence-corrected chi connectivity index (χ0v) is 29.6. The van der Waals surface area contributed by atoms with E-state index in [1.807, 2.05) is 117 Å². The zero-order valence-electron chi connectivity index (χ0n) is 29.6. The van der Waals surface area contributed by atoms with Gasteiger partial charge in [-0.1, -0.05) is 116 Å². The van der Waals surface area contributed by atoms with E-state index >= 15 is 0 Å². The smallest absolute Gasteiger partial charge is 0.261 e. The lowest BCUT2D eigenvalue weighted by Gasteiger charge is -2.43. The Morgan fingerprint density at radius 2 is 1.37 bits per heavy atom. The monoisotopic (exact) mass is 696 g/mol. The Balaban J connectivity index is 1.10. The van der Waals surface area contributed by atoms with Crippen molar-refractivity contribution in [3.63, 3.8) is 0 Å². The number of fused-ring (bicyclic) bond motifs is 1. The Labute approximate surface area is 304 Å². The largest absolute Gasteiger partial charge is 0.392 e. The Hall–Kier alpha value is -4.96. The van der Waals surface area contributed by atoms with Crippen molar-refractivity contribution in [3.05, 3.63) is 166 Å². The maximum absolute atomic E-state index is 13.0. The molecule has 8 nitrogen and oxygen atoms in total. The van der Waals surface area contributed by atoms with Gasteiger partial charge in [0.1, 0.15) is 0 Å². The molecule has 0 aliphatic carbocycles. The number of hydrogen-bond acceptors (Lipinski definition) is 7. The van der Waals surface area contributed by atoms with Crippen LogP contribution in [0.1, 0.15) is 80.9 Å². The number of aliphatic hydroxyl groups excluding tert-OH is 2. The van der Waals surface area contributed by atoms with E-state index in [1.54, 1.807) is 24.3 Å². The first-order valence-electron chi connectivity index (χ1n) is 17.8. The third-order valence-electron chi connectivity index (χ3n) is 10.5. The molecule has 0 spiro atoms. The second-order valence-electron chi connectivity index (χ2n) is 13.9. The summed E-state index contributed by atoms with van der Waals surface area (Å²) < 4.78 is 13.4. The highest BCUT2D eigenvalue weighted by molar-refractivity contribution is 6.21. The number of ether oxygens (including phenoxy) is 2. The zero-order chi connectivity index (χ0) is 36.4. The number of carbonyl (C=O) groups excluding carboxylic acids is 2. The van der Waals surface area contributed by atoms with E-state index in [4.69, 9.17) is 9.47 Å². The van der Waals surface area contributed by atoms with Crippen LogP contribution < -0.4 is 0 Å². The summed E-state index contributed by atoms with van der Waals surface area (Å²) in [5, 5.41) is 20.8. The Morgan fingerprint density at radius 3 is 2.02 bits per heavy atom. The number of rotatable bonds is 11. The Morgan fingerprint density at radius 1 is 0.731 bits per heavy atom. The number of amides is 2. The lowest BCUT2D eigenvalue weighted by Crippen LogP contribution is -2.46. The van der Waals surface area contributed by atoms with Crippen LogP contribution in [0.15, 0.2) is 127 Å². The number of imide groups is 1. The van der Waals surface area contributed by atoms with Crippen LogP contribution in [-0.2, 0) is 22.6 Å². The third-order valence-corrected chi connectivity index (χ3v) is 10.5. The number of likely N-dealkylation sites (N-methyl/N-ethyl adjacent to an activating group) is 1. The van der Waals surface area contributed by atoms with Crippen molar-refractivity contribution in [2.45, 2.75) is 57.6 Å². The molecule has 2 heterocycles. The summed E-state index contributed by atoms with van der Waals surface area (Å²) in [5.74, 6) is -0.554. The van der Waals surface area contributed by atoms with Gasteiger partial charge in [-0.05, 0) is 65.6 Å². The van der Waals surface area contributed by atoms with Gasteiger partial charge in [-0.3, -0.25) is 19.4 Å². The SMILES string of the molecule is C[C@@H]1[C@H](CN(C)[C@H](C)[C@@H](O)c2ccccc2)O[C@H](c2ccc(-c3cccc(CN4C(=O)c5ccccc5C4=O)c3)cc2)O[C@@H]1c1ccc(CO)cc1. The quantitative estimate of drug-likeness (QED) is 0.138. The number of hydrogen-bond donors (Lipinski definition) is 2. The molecule has 0 saturated carbocycles. The highest BCUT2D eigenvalue weighted by Crippen LogP contribution is 2.42. The maximum Gasteiger partial charge on any atom is 0.261 e.